The van der Waals surface area contributed by atoms with E-state index in [4.69, 9.17) is 0 Å². The number of anilines is 1. The lowest BCUT2D eigenvalue weighted by atomic mass is 9.87. The minimum absolute atomic E-state index is 0.0486. The van der Waals surface area contributed by atoms with E-state index >= 15 is 0 Å². The van der Waals surface area contributed by atoms with Crippen LogP contribution in [0.3, 0.4) is 0 Å². The SMILES string of the molecule is CC1(C)Cc2ccccc2-c2nnc(SCC(=O)Nc3ccccc3)n21. The smallest absolute Gasteiger partial charge is 0.234 e. The summed E-state index contributed by atoms with van der Waals surface area (Å²) in [5, 5.41) is 12.5. The Morgan fingerprint density at radius 3 is 2.65 bits per heavy atom. The van der Waals surface area contributed by atoms with E-state index in [1.807, 2.05) is 36.4 Å². The van der Waals surface area contributed by atoms with Crippen molar-refractivity contribution in [2.75, 3.05) is 11.1 Å². The Hall–Kier alpha value is -2.60. The van der Waals surface area contributed by atoms with Crippen molar-refractivity contribution < 1.29 is 4.79 Å². The van der Waals surface area contributed by atoms with E-state index in [1.54, 1.807) is 0 Å². The second-order valence-electron chi connectivity index (χ2n) is 6.99. The predicted molar refractivity (Wildman–Crippen MR) is 104 cm³/mol. The van der Waals surface area contributed by atoms with E-state index < -0.39 is 0 Å². The van der Waals surface area contributed by atoms with Crippen LogP contribution >= 0.6 is 11.8 Å². The number of nitrogens with one attached hydrogen (secondary N) is 1. The number of thioether (sulfide) groups is 1. The molecule has 0 saturated carbocycles. The van der Waals surface area contributed by atoms with Crippen LogP contribution in [0.4, 0.5) is 5.69 Å². The molecule has 132 valence electrons. The van der Waals surface area contributed by atoms with Gasteiger partial charge < -0.3 is 5.32 Å². The van der Waals surface area contributed by atoms with Gasteiger partial charge in [0.05, 0.1) is 5.75 Å². The van der Waals surface area contributed by atoms with E-state index in [0.717, 1.165) is 28.7 Å². The van der Waals surface area contributed by atoms with Crippen molar-refractivity contribution in [3.63, 3.8) is 0 Å². The van der Waals surface area contributed by atoms with Crippen molar-refractivity contribution in [3.05, 3.63) is 60.2 Å². The van der Waals surface area contributed by atoms with Crippen LogP contribution in [-0.2, 0) is 16.8 Å². The molecular weight excluding hydrogens is 344 g/mol. The van der Waals surface area contributed by atoms with E-state index in [1.165, 1.54) is 17.3 Å². The monoisotopic (exact) mass is 364 g/mol. The van der Waals surface area contributed by atoms with Crippen LogP contribution < -0.4 is 5.32 Å². The fraction of sp³-hybridized carbons (Fsp3) is 0.250. The minimum atomic E-state index is -0.134. The highest BCUT2D eigenvalue weighted by Crippen LogP contribution is 2.39. The van der Waals surface area contributed by atoms with Crippen LogP contribution in [0.15, 0.2) is 59.8 Å². The van der Waals surface area contributed by atoms with Crippen molar-refractivity contribution in [2.24, 2.45) is 0 Å². The number of nitrogens with zero attached hydrogens (tertiary/aromatic N) is 3. The van der Waals surface area contributed by atoms with Gasteiger partial charge in [0.2, 0.25) is 5.91 Å². The largest absolute Gasteiger partial charge is 0.325 e. The molecular formula is C20H20N4OS. The second-order valence-corrected chi connectivity index (χ2v) is 7.93. The molecule has 6 heteroatoms. The molecule has 4 rings (SSSR count). The van der Waals surface area contributed by atoms with Gasteiger partial charge in [0.25, 0.3) is 0 Å². The third kappa shape index (κ3) is 3.12. The summed E-state index contributed by atoms with van der Waals surface area (Å²) in [5.74, 6) is 1.13. The van der Waals surface area contributed by atoms with Crippen LogP contribution in [-0.4, -0.2) is 26.4 Å². The molecule has 0 fully saturated rings. The summed E-state index contributed by atoms with van der Waals surface area (Å²) in [7, 11) is 0. The van der Waals surface area contributed by atoms with Gasteiger partial charge in [-0.2, -0.15) is 0 Å². The van der Waals surface area contributed by atoms with Gasteiger partial charge in [-0.05, 0) is 38.0 Å². The molecule has 26 heavy (non-hydrogen) atoms. The summed E-state index contributed by atoms with van der Waals surface area (Å²) in [4.78, 5) is 12.2. The Kier molecular flexibility index (Phi) is 4.28. The zero-order chi connectivity index (χ0) is 18.1. The van der Waals surface area contributed by atoms with E-state index in [0.29, 0.717) is 5.75 Å². The molecule has 1 aliphatic heterocycles. The highest BCUT2D eigenvalue weighted by Gasteiger charge is 2.34. The molecule has 2 heterocycles. The number of amides is 1. The zero-order valence-corrected chi connectivity index (χ0v) is 15.6. The maximum atomic E-state index is 12.2. The number of hydrogen-bond donors (Lipinski definition) is 1. The average molecular weight is 364 g/mol. The zero-order valence-electron chi connectivity index (χ0n) is 14.8. The van der Waals surface area contributed by atoms with Crippen LogP contribution in [0, 0.1) is 0 Å². The summed E-state index contributed by atoms with van der Waals surface area (Å²) >= 11 is 1.42. The lowest BCUT2D eigenvalue weighted by Gasteiger charge is -2.34. The number of carbonyl (C=O) groups excluding carboxylic acids is 1. The number of benzene rings is 2. The molecule has 0 spiro atoms. The maximum Gasteiger partial charge on any atom is 0.234 e. The van der Waals surface area contributed by atoms with Gasteiger partial charge in [-0.15, -0.1) is 10.2 Å². The van der Waals surface area contributed by atoms with Crippen LogP contribution in [0.1, 0.15) is 19.4 Å². The van der Waals surface area contributed by atoms with E-state index in [2.05, 4.69) is 52.1 Å². The average Bonchev–Trinajstić information content (AvgIpc) is 3.06. The number of aromatic nitrogens is 3. The molecule has 0 atom stereocenters. The first-order valence-corrected chi connectivity index (χ1v) is 9.55. The lowest BCUT2D eigenvalue weighted by Crippen LogP contribution is -2.33. The van der Waals surface area contributed by atoms with Crippen LogP contribution in [0.25, 0.3) is 11.4 Å². The second kappa shape index (κ2) is 6.61. The standard InChI is InChI=1S/C20H20N4OS/c1-20(2)12-14-8-6-7-11-16(14)18-22-23-19(24(18)20)26-13-17(25)21-15-9-4-3-5-10-15/h3-11H,12-13H2,1-2H3,(H,21,25). The Labute approximate surface area is 156 Å². The molecule has 1 N–H and O–H groups in total. The van der Waals surface area contributed by atoms with Gasteiger partial charge in [0.1, 0.15) is 0 Å². The fourth-order valence-corrected chi connectivity index (χ4v) is 4.26. The van der Waals surface area contributed by atoms with Crippen molar-refractivity contribution in [1.82, 2.24) is 14.8 Å². The maximum absolute atomic E-state index is 12.2. The molecule has 1 aliphatic rings. The van der Waals surface area contributed by atoms with Crippen molar-refractivity contribution in [3.8, 4) is 11.4 Å². The summed E-state index contributed by atoms with van der Waals surface area (Å²) in [6, 6.07) is 17.8. The Balaban J connectivity index is 1.55. The first-order chi connectivity index (χ1) is 12.5. The Morgan fingerprint density at radius 1 is 1.12 bits per heavy atom. The number of fused-ring (bicyclic) bond motifs is 3. The molecule has 0 aliphatic carbocycles. The van der Waals surface area contributed by atoms with Gasteiger partial charge >= 0.3 is 0 Å². The first kappa shape index (κ1) is 16.8. The number of rotatable bonds is 4. The van der Waals surface area contributed by atoms with Crippen molar-refractivity contribution in [2.45, 2.75) is 31.0 Å². The normalized spacial score (nSPS) is 14.4. The lowest BCUT2D eigenvalue weighted by molar-refractivity contribution is -0.113. The first-order valence-electron chi connectivity index (χ1n) is 8.56. The van der Waals surface area contributed by atoms with E-state index in [-0.39, 0.29) is 11.4 Å². The molecule has 1 aromatic heterocycles. The Bertz CT molecular complexity index is 949. The van der Waals surface area contributed by atoms with Gasteiger partial charge in [-0.3, -0.25) is 9.36 Å². The molecule has 0 unspecified atom stereocenters. The number of carbonyl (C=O) groups is 1. The van der Waals surface area contributed by atoms with Gasteiger partial charge in [0, 0.05) is 16.8 Å². The Morgan fingerprint density at radius 2 is 1.85 bits per heavy atom. The third-order valence-corrected chi connectivity index (χ3v) is 5.44. The molecule has 2 aromatic carbocycles. The molecule has 1 amide bonds. The van der Waals surface area contributed by atoms with Crippen molar-refractivity contribution in [1.29, 1.82) is 0 Å². The van der Waals surface area contributed by atoms with E-state index in [9.17, 15) is 4.79 Å². The molecule has 0 radical (unpaired) electrons. The van der Waals surface area contributed by atoms with Crippen molar-refractivity contribution >= 4 is 23.4 Å². The molecule has 5 nitrogen and oxygen atoms in total. The summed E-state index contributed by atoms with van der Waals surface area (Å²) < 4.78 is 2.16. The minimum Gasteiger partial charge on any atom is -0.325 e. The molecule has 0 bridgehead atoms. The third-order valence-electron chi connectivity index (χ3n) is 4.51. The van der Waals surface area contributed by atoms with Gasteiger partial charge in [0.15, 0.2) is 11.0 Å². The predicted octanol–water partition coefficient (Wildman–Crippen LogP) is 3.97. The highest BCUT2D eigenvalue weighted by molar-refractivity contribution is 7.99. The number of para-hydroxylation sites is 1. The number of hydrogen-bond acceptors (Lipinski definition) is 4. The summed E-state index contributed by atoms with van der Waals surface area (Å²) in [6.45, 7) is 4.37. The summed E-state index contributed by atoms with van der Waals surface area (Å²) in [5.41, 5.74) is 3.08. The quantitative estimate of drug-likeness (QED) is 0.712. The topological polar surface area (TPSA) is 59.8 Å². The van der Waals surface area contributed by atoms with Crippen LogP contribution in [0.5, 0.6) is 0 Å². The van der Waals surface area contributed by atoms with Gasteiger partial charge in [-0.1, -0.05) is 54.2 Å². The van der Waals surface area contributed by atoms with Crippen LogP contribution in [0.2, 0.25) is 0 Å². The highest BCUT2D eigenvalue weighted by atomic mass is 32.2. The molecule has 0 saturated heterocycles. The summed E-state index contributed by atoms with van der Waals surface area (Å²) in [6.07, 6.45) is 0.915. The molecule has 3 aromatic rings. The fourth-order valence-electron chi connectivity index (χ4n) is 3.37. The van der Waals surface area contributed by atoms with Gasteiger partial charge in [-0.25, -0.2) is 0 Å².